The summed E-state index contributed by atoms with van der Waals surface area (Å²) in [7, 11) is 1.66. The Balaban J connectivity index is 2.12. The maximum Gasteiger partial charge on any atom is 0.119 e. The third-order valence-electron chi connectivity index (χ3n) is 3.32. The molecule has 0 fully saturated rings. The standard InChI is InChI=1S/C17H21NO2/c1-13(14-7-4-3-5-8-14)20-17(12-18)15-9-6-10-16(11-15)19-2/h3-11,13,17H,12,18H2,1-2H3. The monoisotopic (exact) mass is 271 g/mol. The molecular weight excluding hydrogens is 250 g/mol. The van der Waals surface area contributed by atoms with E-state index in [0.29, 0.717) is 6.54 Å². The first-order valence-corrected chi connectivity index (χ1v) is 6.79. The summed E-state index contributed by atoms with van der Waals surface area (Å²) in [6.07, 6.45) is -0.142. The lowest BCUT2D eigenvalue weighted by Crippen LogP contribution is -2.17. The number of hydrogen-bond donors (Lipinski definition) is 1. The van der Waals surface area contributed by atoms with Crippen LogP contribution in [0.1, 0.15) is 30.3 Å². The van der Waals surface area contributed by atoms with Crippen molar-refractivity contribution in [2.45, 2.75) is 19.1 Å². The van der Waals surface area contributed by atoms with E-state index >= 15 is 0 Å². The van der Waals surface area contributed by atoms with Crippen molar-refractivity contribution >= 4 is 0 Å². The molecule has 0 saturated heterocycles. The van der Waals surface area contributed by atoms with E-state index in [1.165, 1.54) is 0 Å². The molecule has 2 aromatic rings. The van der Waals surface area contributed by atoms with Crippen LogP contribution in [0, 0.1) is 0 Å². The van der Waals surface area contributed by atoms with Gasteiger partial charge in [0, 0.05) is 6.54 Å². The predicted molar refractivity (Wildman–Crippen MR) is 80.7 cm³/mol. The largest absolute Gasteiger partial charge is 0.497 e. The maximum atomic E-state index is 6.09. The van der Waals surface area contributed by atoms with E-state index in [4.69, 9.17) is 15.2 Å². The van der Waals surface area contributed by atoms with E-state index in [1.807, 2.05) is 49.4 Å². The first kappa shape index (κ1) is 14.6. The molecule has 2 unspecified atom stereocenters. The van der Waals surface area contributed by atoms with E-state index in [2.05, 4.69) is 12.1 Å². The van der Waals surface area contributed by atoms with Gasteiger partial charge in [-0.3, -0.25) is 0 Å². The Hall–Kier alpha value is -1.84. The average molecular weight is 271 g/mol. The highest BCUT2D eigenvalue weighted by molar-refractivity contribution is 5.30. The van der Waals surface area contributed by atoms with E-state index in [1.54, 1.807) is 7.11 Å². The van der Waals surface area contributed by atoms with Crippen molar-refractivity contribution in [1.29, 1.82) is 0 Å². The number of rotatable bonds is 6. The molecule has 2 atom stereocenters. The highest BCUT2D eigenvalue weighted by Gasteiger charge is 2.15. The van der Waals surface area contributed by atoms with Gasteiger partial charge in [-0.15, -0.1) is 0 Å². The first-order chi connectivity index (χ1) is 9.74. The van der Waals surface area contributed by atoms with Gasteiger partial charge in [0.1, 0.15) is 5.75 Å². The van der Waals surface area contributed by atoms with Crippen LogP contribution >= 0.6 is 0 Å². The molecule has 20 heavy (non-hydrogen) atoms. The van der Waals surface area contributed by atoms with Crippen LogP contribution in [0.3, 0.4) is 0 Å². The molecule has 106 valence electrons. The topological polar surface area (TPSA) is 44.5 Å². The predicted octanol–water partition coefficient (Wildman–Crippen LogP) is 3.47. The molecule has 0 saturated carbocycles. The normalized spacial score (nSPS) is 13.8. The van der Waals surface area contributed by atoms with Crippen molar-refractivity contribution < 1.29 is 9.47 Å². The SMILES string of the molecule is COc1cccc(C(CN)OC(C)c2ccccc2)c1. The Morgan fingerprint density at radius 1 is 1.00 bits per heavy atom. The van der Waals surface area contributed by atoms with E-state index < -0.39 is 0 Å². The molecule has 0 bridgehead atoms. The van der Waals surface area contributed by atoms with E-state index in [9.17, 15) is 0 Å². The zero-order valence-corrected chi connectivity index (χ0v) is 12.0. The van der Waals surface area contributed by atoms with Crippen LogP contribution in [0.2, 0.25) is 0 Å². The number of methoxy groups -OCH3 is 1. The lowest BCUT2D eigenvalue weighted by molar-refractivity contribution is 0.000138. The molecule has 2 N–H and O–H groups in total. The van der Waals surface area contributed by atoms with Crippen LogP contribution in [0.5, 0.6) is 5.75 Å². The van der Waals surface area contributed by atoms with Crippen molar-refractivity contribution in [2.75, 3.05) is 13.7 Å². The van der Waals surface area contributed by atoms with Gasteiger partial charge in [-0.05, 0) is 30.2 Å². The molecule has 2 aromatic carbocycles. The van der Waals surface area contributed by atoms with Crippen LogP contribution in [0.4, 0.5) is 0 Å². The van der Waals surface area contributed by atoms with Gasteiger partial charge in [-0.2, -0.15) is 0 Å². The Labute approximate surface area is 120 Å². The van der Waals surface area contributed by atoms with Crippen molar-refractivity contribution in [3.05, 3.63) is 65.7 Å². The highest BCUT2D eigenvalue weighted by atomic mass is 16.5. The zero-order chi connectivity index (χ0) is 14.4. The van der Waals surface area contributed by atoms with Gasteiger partial charge in [0.25, 0.3) is 0 Å². The molecule has 0 aromatic heterocycles. The van der Waals surface area contributed by atoms with Crippen LogP contribution in [-0.2, 0) is 4.74 Å². The summed E-state index contributed by atoms with van der Waals surface area (Å²) in [4.78, 5) is 0. The molecular formula is C17H21NO2. The Morgan fingerprint density at radius 2 is 1.70 bits per heavy atom. The minimum atomic E-state index is -0.139. The van der Waals surface area contributed by atoms with Crippen LogP contribution in [-0.4, -0.2) is 13.7 Å². The van der Waals surface area contributed by atoms with Gasteiger partial charge < -0.3 is 15.2 Å². The summed E-state index contributed by atoms with van der Waals surface area (Å²) in [6, 6.07) is 18.0. The second-order valence-corrected chi connectivity index (χ2v) is 4.69. The molecule has 0 aliphatic rings. The van der Waals surface area contributed by atoms with Gasteiger partial charge >= 0.3 is 0 Å². The number of benzene rings is 2. The molecule has 0 amide bonds. The lowest BCUT2D eigenvalue weighted by Gasteiger charge is -2.22. The minimum absolute atomic E-state index is 0.00375. The summed E-state index contributed by atoms with van der Waals surface area (Å²) < 4.78 is 11.3. The summed E-state index contributed by atoms with van der Waals surface area (Å²) in [6.45, 7) is 2.47. The average Bonchev–Trinajstić information content (AvgIpc) is 2.53. The van der Waals surface area contributed by atoms with Crippen LogP contribution < -0.4 is 10.5 Å². The van der Waals surface area contributed by atoms with E-state index in [-0.39, 0.29) is 12.2 Å². The number of hydrogen-bond acceptors (Lipinski definition) is 3. The zero-order valence-electron chi connectivity index (χ0n) is 12.0. The third-order valence-corrected chi connectivity index (χ3v) is 3.32. The molecule has 0 radical (unpaired) electrons. The number of ether oxygens (including phenoxy) is 2. The Kier molecular flexibility index (Phi) is 5.16. The fourth-order valence-electron chi connectivity index (χ4n) is 2.16. The van der Waals surface area contributed by atoms with Crippen molar-refractivity contribution in [1.82, 2.24) is 0 Å². The molecule has 0 heterocycles. The lowest BCUT2D eigenvalue weighted by atomic mass is 10.1. The van der Waals surface area contributed by atoms with Crippen LogP contribution in [0.25, 0.3) is 0 Å². The van der Waals surface area contributed by atoms with Crippen molar-refractivity contribution in [3.8, 4) is 5.75 Å². The van der Waals surface area contributed by atoms with E-state index in [0.717, 1.165) is 16.9 Å². The minimum Gasteiger partial charge on any atom is -0.497 e. The smallest absolute Gasteiger partial charge is 0.119 e. The molecule has 2 rings (SSSR count). The first-order valence-electron chi connectivity index (χ1n) is 6.79. The summed E-state index contributed by atoms with van der Waals surface area (Å²) in [5.41, 5.74) is 8.04. The van der Waals surface area contributed by atoms with Gasteiger partial charge in [0.15, 0.2) is 0 Å². The molecule has 0 aliphatic heterocycles. The second-order valence-electron chi connectivity index (χ2n) is 4.69. The number of nitrogens with two attached hydrogens (primary N) is 1. The second kappa shape index (κ2) is 7.08. The molecule has 0 aliphatic carbocycles. The third kappa shape index (κ3) is 3.59. The molecule has 0 spiro atoms. The van der Waals surface area contributed by atoms with Crippen molar-refractivity contribution in [3.63, 3.8) is 0 Å². The van der Waals surface area contributed by atoms with Gasteiger partial charge in [-0.1, -0.05) is 42.5 Å². The maximum absolute atomic E-state index is 6.09. The summed E-state index contributed by atoms with van der Waals surface area (Å²) >= 11 is 0. The quantitative estimate of drug-likeness (QED) is 0.875. The molecule has 3 nitrogen and oxygen atoms in total. The fraction of sp³-hybridized carbons (Fsp3) is 0.294. The highest BCUT2D eigenvalue weighted by Crippen LogP contribution is 2.27. The van der Waals surface area contributed by atoms with Gasteiger partial charge in [0.2, 0.25) is 0 Å². The molecule has 3 heteroatoms. The van der Waals surface area contributed by atoms with Crippen LogP contribution in [0.15, 0.2) is 54.6 Å². The van der Waals surface area contributed by atoms with Gasteiger partial charge in [0.05, 0.1) is 19.3 Å². The summed E-state index contributed by atoms with van der Waals surface area (Å²) in [5.74, 6) is 0.817. The Morgan fingerprint density at radius 3 is 2.35 bits per heavy atom. The summed E-state index contributed by atoms with van der Waals surface area (Å²) in [5, 5.41) is 0. The fourth-order valence-corrected chi connectivity index (χ4v) is 2.16. The Bertz CT molecular complexity index is 528. The van der Waals surface area contributed by atoms with Gasteiger partial charge in [-0.25, -0.2) is 0 Å². The van der Waals surface area contributed by atoms with Crippen molar-refractivity contribution in [2.24, 2.45) is 5.73 Å².